The second kappa shape index (κ2) is 47.8. The van der Waals surface area contributed by atoms with Gasteiger partial charge < -0.3 is 14.2 Å². The summed E-state index contributed by atoms with van der Waals surface area (Å²) >= 11 is 0. The number of carbonyl (C=O) groups excluding carboxylic acids is 3. The number of allylic oxidation sites excluding steroid dienone is 2. The molecule has 0 aliphatic rings. The van der Waals surface area contributed by atoms with E-state index < -0.39 is 6.10 Å². The van der Waals surface area contributed by atoms with E-state index in [9.17, 15) is 14.4 Å². The molecule has 0 aliphatic carbocycles. The molecule has 0 aromatic rings. The van der Waals surface area contributed by atoms with Gasteiger partial charge in [-0.25, -0.2) is 0 Å². The molecule has 58 heavy (non-hydrogen) atoms. The van der Waals surface area contributed by atoms with E-state index in [0.29, 0.717) is 19.3 Å². The number of hydrogen-bond donors (Lipinski definition) is 0. The van der Waals surface area contributed by atoms with Crippen LogP contribution in [0.4, 0.5) is 0 Å². The number of rotatable bonds is 47. The molecule has 0 bridgehead atoms. The van der Waals surface area contributed by atoms with Crippen LogP contribution in [0.5, 0.6) is 0 Å². The van der Waals surface area contributed by atoms with Crippen molar-refractivity contribution in [3.63, 3.8) is 0 Å². The second-order valence-corrected chi connectivity index (χ2v) is 17.4. The molecule has 6 heteroatoms. The third-order valence-electron chi connectivity index (χ3n) is 11.5. The van der Waals surface area contributed by atoms with E-state index >= 15 is 0 Å². The van der Waals surface area contributed by atoms with Gasteiger partial charge in [-0.3, -0.25) is 14.4 Å². The van der Waals surface area contributed by atoms with Gasteiger partial charge in [-0.15, -0.1) is 0 Å². The minimum atomic E-state index is -0.766. The molecular formula is C52H98O6. The Morgan fingerprint density at radius 1 is 0.328 bits per heavy atom. The van der Waals surface area contributed by atoms with Crippen molar-refractivity contribution in [3.05, 3.63) is 12.2 Å². The van der Waals surface area contributed by atoms with Gasteiger partial charge in [-0.2, -0.15) is 0 Å². The average molecular weight is 819 g/mol. The predicted octanol–water partition coefficient (Wildman–Crippen LogP) is 16.6. The molecule has 0 N–H and O–H groups in total. The first kappa shape index (κ1) is 56.1. The van der Waals surface area contributed by atoms with Crippen LogP contribution in [0.1, 0.15) is 284 Å². The smallest absolute Gasteiger partial charge is 0.306 e. The van der Waals surface area contributed by atoms with E-state index in [2.05, 4.69) is 32.9 Å². The minimum Gasteiger partial charge on any atom is -0.462 e. The second-order valence-electron chi connectivity index (χ2n) is 17.4. The summed E-state index contributed by atoms with van der Waals surface area (Å²) in [7, 11) is 0. The Labute approximate surface area is 360 Å². The zero-order valence-corrected chi connectivity index (χ0v) is 39.1. The van der Waals surface area contributed by atoms with Crippen molar-refractivity contribution >= 4 is 17.9 Å². The van der Waals surface area contributed by atoms with Crippen LogP contribution < -0.4 is 0 Å². The molecule has 0 rings (SSSR count). The monoisotopic (exact) mass is 819 g/mol. The highest BCUT2D eigenvalue weighted by Gasteiger charge is 2.19. The molecule has 0 unspecified atom stereocenters. The fraction of sp³-hybridized carbons (Fsp3) is 0.904. The molecular weight excluding hydrogens is 721 g/mol. The standard InChI is InChI=1S/C52H98O6/c1-4-7-10-13-16-19-21-23-25-26-27-29-30-33-36-39-42-45-51(54)57-48-49(47-56-50(53)44-41-38-35-32-18-15-12-9-6-3)58-52(55)46-43-40-37-34-31-28-24-22-20-17-14-11-8-5-2/h22,24,49H,4-21,23,25-48H2,1-3H3/b24-22-/t49-/m1/s1. The number of carbonyl (C=O) groups is 3. The Morgan fingerprint density at radius 2 is 0.569 bits per heavy atom. The first-order valence-electron chi connectivity index (χ1n) is 25.7. The topological polar surface area (TPSA) is 78.9 Å². The zero-order chi connectivity index (χ0) is 42.3. The van der Waals surface area contributed by atoms with Crippen LogP contribution in [0.3, 0.4) is 0 Å². The van der Waals surface area contributed by atoms with Crippen LogP contribution in [-0.2, 0) is 28.6 Å². The average Bonchev–Trinajstić information content (AvgIpc) is 3.22. The first-order chi connectivity index (χ1) is 28.5. The van der Waals surface area contributed by atoms with Gasteiger partial charge in [0.15, 0.2) is 6.10 Å². The number of esters is 3. The first-order valence-corrected chi connectivity index (χ1v) is 25.7. The Morgan fingerprint density at radius 3 is 0.862 bits per heavy atom. The minimum absolute atomic E-state index is 0.0684. The van der Waals surface area contributed by atoms with Gasteiger partial charge in [0.1, 0.15) is 13.2 Å². The maximum atomic E-state index is 12.8. The Kier molecular flexibility index (Phi) is 46.3. The molecule has 0 saturated carbocycles. The van der Waals surface area contributed by atoms with E-state index in [4.69, 9.17) is 14.2 Å². The molecule has 0 fully saturated rings. The SMILES string of the molecule is CCCCCCC/C=C\CCCCCCCC(=O)O[C@H](COC(=O)CCCCCCCCCCC)COC(=O)CCCCCCCCCCCCCCCCCCC. The van der Waals surface area contributed by atoms with E-state index in [1.165, 1.54) is 180 Å². The van der Waals surface area contributed by atoms with Gasteiger partial charge in [-0.05, 0) is 44.9 Å². The molecule has 0 aliphatic heterocycles. The third kappa shape index (κ3) is 45.2. The molecule has 0 aromatic heterocycles. The lowest BCUT2D eigenvalue weighted by Crippen LogP contribution is -2.30. The van der Waals surface area contributed by atoms with Gasteiger partial charge in [-0.1, -0.05) is 232 Å². The summed E-state index contributed by atoms with van der Waals surface area (Å²) < 4.78 is 16.8. The van der Waals surface area contributed by atoms with E-state index in [-0.39, 0.29) is 31.1 Å². The van der Waals surface area contributed by atoms with Crippen LogP contribution in [0.2, 0.25) is 0 Å². The Balaban J connectivity index is 4.27. The summed E-state index contributed by atoms with van der Waals surface area (Å²) in [6.45, 7) is 6.64. The predicted molar refractivity (Wildman–Crippen MR) is 247 cm³/mol. The highest BCUT2D eigenvalue weighted by Crippen LogP contribution is 2.16. The van der Waals surface area contributed by atoms with Gasteiger partial charge in [0.05, 0.1) is 0 Å². The quantitative estimate of drug-likeness (QED) is 0.0263. The Bertz CT molecular complexity index is 900. The normalized spacial score (nSPS) is 12.0. The number of hydrogen-bond acceptors (Lipinski definition) is 6. The van der Waals surface area contributed by atoms with Gasteiger partial charge in [0.2, 0.25) is 0 Å². The molecule has 0 heterocycles. The fourth-order valence-corrected chi connectivity index (χ4v) is 7.61. The largest absolute Gasteiger partial charge is 0.462 e. The lowest BCUT2D eigenvalue weighted by Gasteiger charge is -2.18. The van der Waals surface area contributed by atoms with Gasteiger partial charge >= 0.3 is 17.9 Å². The highest BCUT2D eigenvalue weighted by atomic mass is 16.6. The third-order valence-corrected chi connectivity index (χ3v) is 11.5. The summed E-state index contributed by atoms with van der Waals surface area (Å²) in [4.78, 5) is 37.8. The lowest BCUT2D eigenvalue weighted by atomic mass is 10.0. The Hall–Kier alpha value is -1.85. The van der Waals surface area contributed by atoms with Crippen molar-refractivity contribution in [3.8, 4) is 0 Å². The van der Waals surface area contributed by atoms with Crippen LogP contribution >= 0.6 is 0 Å². The zero-order valence-electron chi connectivity index (χ0n) is 39.1. The van der Waals surface area contributed by atoms with Crippen molar-refractivity contribution < 1.29 is 28.6 Å². The molecule has 0 radical (unpaired) electrons. The number of ether oxygens (including phenoxy) is 3. The molecule has 0 aromatic carbocycles. The summed E-state index contributed by atoms with van der Waals surface area (Å²) in [5, 5.41) is 0. The maximum Gasteiger partial charge on any atom is 0.306 e. The fourth-order valence-electron chi connectivity index (χ4n) is 7.61. The van der Waals surface area contributed by atoms with Gasteiger partial charge in [0, 0.05) is 19.3 Å². The highest BCUT2D eigenvalue weighted by molar-refractivity contribution is 5.71. The van der Waals surface area contributed by atoms with Crippen LogP contribution in [0, 0.1) is 0 Å². The number of unbranched alkanes of at least 4 members (excludes halogenated alkanes) is 34. The summed E-state index contributed by atoms with van der Waals surface area (Å²) in [6, 6.07) is 0. The molecule has 0 spiro atoms. The van der Waals surface area contributed by atoms with E-state index in [0.717, 1.165) is 64.2 Å². The maximum absolute atomic E-state index is 12.8. The van der Waals surface area contributed by atoms with Crippen molar-refractivity contribution in [1.82, 2.24) is 0 Å². The van der Waals surface area contributed by atoms with Gasteiger partial charge in [0.25, 0.3) is 0 Å². The van der Waals surface area contributed by atoms with Crippen LogP contribution in [0.25, 0.3) is 0 Å². The van der Waals surface area contributed by atoms with Crippen molar-refractivity contribution in [2.24, 2.45) is 0 Å². The van der Waals surface area contributed by atoms with Crippen molar-refractivity contribution in [1.29, 1.82) is 0 Å². The molecule has 0 saturated heterocycles. The molecule has 342 valence electrons. The molecule has 6 nitrogen and oxygen atoms in total. The van der Waals surface area contributed by atoms with Crippen molar-refractivity contribution in [2.45, 2.75) is 290 Å². The molecule has 1 atom stereocenters. The summed E-state index contributed by atoms with van der Waals surface area (Å²) in [5.41, 5.74) is 0. The van der Waals surface area contributed by atoms with Crippen molar-refractivity contribution in [2.75, 3.05) is 13.2 Å². The molecule has 0 amide bonds. The lowest BCUT2D eigenvalue weighted by molar-refractivity contribution is -0.167. The van der Waals surface area contributed by atoms with E-state index in [1.807, 2.05) is 0 Å². The van der Waals surface area contributed by atoms with E-state index in [1.54, 1.807) is 0 Å². The summed E-state index contributed by atoms with van der Waals surface area (Å²) in [6.07, 6.45) is 52.0. The summed E-state index contributed by atoms with van der Waals surface area (Å²) in [5.74, 6) is -0.864. The van der Waals surface area contributed by atoms with Crippen LogP contribution in [-0.4, -0.2) is 37.2 Å². The van der Waals surface area contributed by atoms with Crippen LogP contribution in [0.15, 0.2) is 12.2 Å².